The van der Waals surface area contributed by atoms with E-state index in [-0.39, 0.29) is 29.9 Å². The number of amides is 4. The summed E-state index contributed by atoms with van der Waals surface area (Å²) in [6, 6.07) is 12.4. The molecule has 0 aliphatic carbocycles. The number of fused-ring (bicyclic) bond motifs is 2. The highest BCUT2D eigenvalue weighted by Crippen LogP contribution is 2.36. The lowest BCUT2D eigenvalue weighted by Gasteiger charge is -2.44. The van der Waals surface area contributed by atoms with Crippen LogP contribution in [-0.4, -0.2) is 127 Å². The lowest BCUT2D eigenvalue weighted by atomic mass is 9.89. The van der Waals surface area contributed by atoms with Crippen molar-refractivity contribution >= 4 is 29.4 Å². The summed E-state index contributed by atoms with van der Waals surface area (Å²) in [6.07, 6.45) is 4.71. The molecule has 5 aliphatic heterocycles. The van der Waals surface area contributed by atoms with E-state index >= 15 is 0 Å². The maximum atomic E-state index is 14.2. The standard InChI is InChI=1S/C39H55N7O5/c1-27-24-28(25-33-35(27)42(3)22-23-50-33)26-34(36(47)44-15-9-30(10-16-44)43-20-13-39(2,40)14-21-43)51-38(49)45-17-11-31(12-18-45)46-19-8-29-6-4-5-7-32(29)41-37(46)48/h4-7,24-25,30-31,34H,8-23,26,40H2,1-3H3,(H,41,48)/t34-/m1/s1. The predicted octanol–water partition coefficient (Wildman–Crippen LogP) is 4.23. The molecule has 12 heteroatoms. The Balaban J connectivity index is 1.01. The fourth-order valence-electron chi connectivity index (χ4n) is 8.68. The summed E-state index contributed by atoms with van der Waals surface area (Å²) in [4.78, 5) is 51.4. The lowest BCUT2D eigenvalue weighted by molar-refractivity contribution is -0.142. The number of nitrogens with zero attached hydrogens (tertiary/aromatic N) is 5. The number of anilines is 2. The summed E-state index contributed by atoms with van der Waals surface area (Å²) >= 11 is 0. The molecule has 5 aliphatic rings. The topological polar surface area (TPSA) is 124 Å². The van der Waals surface area contributed by atoms with Gasteiger partial charge in [0.2, 0.25) is 0 Å². The molecular formula is C39H55N7O5. The van der Waals surface area contributed by atoms with E-state index in [0.29, 0.717) is 58.2 Å². The third-order valence-corrected chi connectivity index (χ3v) is 11.9. The van der Waals surface area contributed by atoms with Crippen LogP contribution in [0, 0.1) is 6.92 Å². The zero-order valence-corrected chi connectivity index (χ0v) is 30.6. The fourth-order valence-corrected chi connectivity index (χ4v) is 8.68. The van der Waals surface area contributed by atoms with E-state index in [1.807, 2.05) is 34.1 Å². The van der Waals surface area contributed by atoms with Gasteiger partial charge >= 0.3 is 12.1 Å². The van der Waals surface area contributed by atoms with Gasteiger partial charge in [0.25, 0.3) is 5.91 Å². The van der Waals surface area contributed by atoms with Crippen LogP contribution in [0.25, 0.3) is 0 Å². The number of carbonyl (C=O) groups excluding carboxylic acids is 3. The first-order valence-electron chi connectivity index (χ1n) is 18.9. The Morgan fingerprint density at radius 2 is 1.65 bits per heavy atom. The van der Waals surface area contributed by atoms with Crippen LogP contribution in [0.5, 0.6) is 5.75 Å². The van der Waals surface area contributed by atoms with Crippen molar-refractivity contribution in [2.75, 3.05) is 76.2 Å². The molecule has 12 nitrogen and oxygen atoms in total. The third kappa shape index (κ3) is 7.91. The van der Waals surface area contributed by atoms with Crippen molar-refractivity contribution in [1.29, 1.82) is 0 Å². The third-order valence-electron chi connectivity index (χ3n) is 11.9. The molecule has 2 aromatic carbocycles. The largest absolute Gasteiger partial charge is 0.490 e. The van der Waals surface area contributed by atoms with Gasteiger partial charge in [0.15, 0.2) is 6.10 Å². The average molecular weight is 702 g/mol. The number of hydrogen-bond acceptors (Lipinski definition) is 8. The molecule has 0 radical (unpaired) electrons. The summed E-state index contributed by atoms with van der Waals surface area (Å²) < 4.78 is 12.2. The number of ether oxygens (including phenoxy) is 2. The van der Waals surface area contributed by atoms with Gasteiger partial charge in [-0.1, -0.05) is 24.3 Å². The minimum absolute atomic E-state index is 0.0252. The van der Waals surface area contributed by atoms with Gasteiger partial charge in [0, 0.05) is 82.6 Å². The second-order valence-corrected chi connectivity index (χ2v) is 15.6. The van der Waals surface area contributed by atoms with E-state index in [9.17, 15) is 14.4 Å². The van der Waals surface area contributed by atoms with Crippen molar-refractivity contribution in [2.45, 2.75) is 88.9 Å². The number of aryl methyl sites for hydroxylation is 1. The number of likely N-dealkylation sites (N-methyl/N-ethyl adjacent to an activating group) is 1. The lowest BCUT2D eigenvalue weighted by Crippen LogP contribution is -2.55. The van der Waals surface area contributed by atoms with Crippen molar-refractivity contribution in [1.82, 2.24) is 19.6 Å². The number of benzene rings is 2. The summed E-state index contributed by atoms with van der Waals surface area (Å²) in [7, 11) is 2.06. The summed E-state index contributed by atoms with van der Waals surface area (Å²) in [6.45, 7) is 10.4. The Morgan fingerprint density at radius 3 is 2.39 bits per heavy atom. The highest BCUT2D eigenvalue weighted by Gasteiger charge is 2.37. The molecule has 276 valence electrons. The molecule has 51 heavy (non-hydrogen) atoms. The van der Waals surface area contributed by atoms with Crippen LogP contribution < -0.4 is 20.7 Å². The predicted molar refractivity (Wildman–Crippen MR) is 197 cm³/mol. The summed E-state index contributed by atoms with van der Waals surface area (Å²) in [5.41, 5.74) is 11.3. The molecule has 3 fully saturated rings. The van der Waals surface area contributed by atoms with Crippen LogP contribution in [0.2, 0.25) is 0 Å². The van der Waals surface area contributed by atoms with E-state index in [0.717, 1.165) is 85.6 Å². The van der Waals surface area contributed by atoms with Crippen LogP contribution in [0.1, 0.15) is 62.1 Å². The highest BCUT2D eigenvalue weighted by molar-refractivity contribution is 5.91. The normalized spacial score (nSPS) is 22.3. The van der Waals surface area contributed by atoms with E-state index in [4.69, 9.17) is 15.2 Å². The molecule has 0 aromatic heterocycles. The van der Waals surface area contributed by atoms with Crippen LogP contribution >= 0.6 is 0 Å². The Labute approximate surface area is 302 Å². The average Bonchev–Trinajstić information content (AvgIpc) is 3.29. The van der Waals surface area contributed by atoms with E-state index < -0.39 is 12.2 Å². The number of nitrogens with one attached hydrogen (secondary N) is 1. The number of piperidine rings is 3. The molecule has 0 bridgehead atoms. The van der Waals surface area contributed by atoms with Gasteiger partial charge in [-0.2, -0.15) is 0 Å². The number of urea groups is 1. The Bertz CT molecular complexity index is 1590. The number of likely N-dealkylation sites (tertiary alicyclic amines) is 3. The van der Waals surface area contributed by atoms with E-state index in [1.54, 1.807) is 4.90 Å². The molecule has 7 rings (SSSR count). The monoisotopic (exact) mass is 701 g/mol. The molecule has 3 saturated heterocycles. The molecule has 0 saturated carbocycles. The number of hydrogen-bond donors (Lipinski definition) is 2. The Kier molecular flexibility index (Phi) is 10.3. The maximum Gasteiger partial charge on any atom is 0.410 e. The van der Waals surface area contributed by atoms with Crippen LogP contribution in [0.15, 0.2) is 36.4 Å². The maximum absolute atomic E-state index is 14.2. The molecule has 1 atom stereocenters. The molecule has 5 heterocycles. The second-order valence-electron chi connectivity index (χ2n) is 15.6. The van der Waals surface area contributed by atoms with Gasteiger partial charge in [0.1, 0.15) is 12.4 Å². The molecule has 0 unspecified atom stereocenters. The van der Waals surface area contributed by atoms with Crippen molar-refractivity contribution in [3.8, 4) is 5.75 Å². The fraction of sp³-hybridized carbons (Fsp3) is 0.615. The van der Waals surface area contributed by atoms with Gasteiger partial charge in [-0.3, -0.25) is 4.79 Å². The smallest absolute Gasteiger partial charge is 0.410 e. The summed E-state index contributed by atoms with van der Waals surface area (Å²) in [5, 5.41) is 3.07. The van der Waals surface area contributed by atoms with E-state index in [2.05, 4.69) is 48.1 Å². The minimum atomic E-state index is -0.951. The van der Waals surface area contributed by atoms with Crippen LogP contribution in [0.3, 0.4) is 0 Å². The van der Waals surface area contributed by atoms with Gasteiger partial charge in [-0.25, -0.2) is 9.59 Å². The molecule has 2 aromatic rings. The van der Waals surface area contributed by atoms with Crippen LogP contribution in [0.4, 0.5) is 21.0 Å². The number of para-hydroxylation sites is 1. The SMILES string of the molecule is Cc1cc(C[C@@H](OC(=O)N2CCC(N3CCc4ccccc4NC3=O)CC2)C(=O)N2CCC(N3CCC(C)(N)CC3)CC2)cc2c1N(C)CCO2. The molecule has 4 amide bonds. The van der Waals surface area contributed by atoms with Gasteiger partial charge in [-0.15, -0.1) is 0 Å². The zero-order chi connectivity index (χ0) is 35.7. The first-order valence-corrected chi connectivity index (χ1v) is 18.9. The van der Waals surface area contributed by atoms with Crippen molar-refractivity contribution in [2.24, 2.45) is 5.73 Å². The minimum Gasteiger partial charge on any atom is -0.490 e. The molecule has 3 N–H and O–H groups in total. The Morgan fingerprint density at radius 1 is 0.961 bits per heavy atom. The number of nitrogens with two attached hydrogens (primary N) is 1. The molecular weight excluding hydrogens is 646 g/mol. The first-order chi connectivity index (χ1) is 24.5. The number of rotatable bonds is 6. The van der Waals surface area contributed by atoms with Crippen molar-refractivity contribution in [3.05, 3.63) is 53.1 Å². The van der Waals surface area contributed by atoms with Gasteiger partial charge in [-0.05, 0) is 87.6 Å². The van der Waals surface area contributed by atoms with Crippen LogP contribution in [-0.2, 0) is 22.4 Å². The second kappa shape index (κ2) is 14.9. The quantitative estimate of drug-likeness (QED) is 0.459. The first kappa shape index (κ1) is 35.4. The highest BCUT2D eigenvalue weighted by atomic mass is 16.6. The van der Waals surface area contributed by atoms with Gasteiger partial charge < -0.3 is 45.0 Å². The van der Waals surface area contributed by atoms with E-state index in [1.165, 1.54) is 0 Å². The van der Waals surface area contributed by atoms with Crippen molar-refractivity contribution in [3.63, 3.8) is 0 Å². The molecule has 0 spiro atoms. The number of carbonyl (C=O) groups is 3. The summed E-state index contributed by atoms with van der Waals surface area (Å²) in [5.74, 6) is 0.661. The Hall–Kier alpha value is -4.03. The zero-order valence-electron chi connectivity index (χ0n) is 30.6. The van der Waals surface area contributed by atoms with Crippen molar-refractivity contribution < 1.29 is 23.9 Å². The van der Waals surface area contributed by atoms with Gasteiger partial charge in [0.05, 0.1) is 12.2 Å².